The van der Waals surface area contributed by atoms with Gasteiger partial charge in [0.05, 0.1) is 0 Å². The third kappa shape index (κ3) is 4.19. The van der Waals surface area contributed by atoms with Gasteiger partial charge in [-0.15, -0.1) is 0 Å². The van der Waals surface area contributed by atoms with Gasteiger partial charge in [-0.1, -0.05) is 19.0 Å². The Kier molecular flexibility index (Phi) is 6.35. The highest BCUT2D eigenvalue weighted by Gasteiger charge is 2.34. The molecule has 0 N–H and O–H groups in total. The first-order valence-corrected chi connectivity index (χ1v) is 11.0. The molecular formula is C19H25FN4O4S. The van der Waals surface area contributed by atoms with Crippen LogP contribution in [0.5, 0.6) is 0 Å². The molecule has 158 valence electrons. The molecule has 0 atom stereocenters. The highest BCUT2D eigenvalue weighted by Crippen LogP contribution is 2.27. The smallest absolute Gasteiger partial charge is 0.282 e. The lowest BCUT2D eigenvalue weighted by molar-refractivity contribution is 0.0693. The third-order valence-corrected chi connectivity index (χ3v) is 7.26. The van der Waals surface area contributed by atoms with Crippen LogP contribution in [0, 0.1) is 12.7 Å². The summed E-state index contributed by atoms with van der Waals surface area (Å²) in [6.45, 7) is 7.03. The van der Waals surface area contributed by atoms with Gasteiger partial charge in [-0.3, -0.25) is 4.79 Å². The first-order chi connectivity index (χ1) is 13.8. The topological polar surface area (TPSA) is 87.0 Å². The van der Waals surface area contributed by atoms with Gasteiger partial charge < -0.3 is 9.42 Å². The number of carbonyl (C=O) groups excluding carboxylic acids is 1. The summed E-state index contributed by atoms with van der Waals surface area (Å²) in [4.78, 5) is 14.7. The zero-order chi connectivity index (χ0) is 21.2. The van der Waals surface area contributed by atoms with Crippen molar-refractivity contribution in [2.45, 2.75) is 20.8 Å². The van der Waals surface area contributed by atoms with Crippen LogP contribution in [0.1, 0.15) is 30.0 Å². The molecule has 1 fully saturated rings. The fourth-order valence-electron chi connectivity index (χ4n) is 3.42. The molecule has 2 aromatic rings. The molecule has 0 spiro atoms. The summed E-state index contributed by atoms with van der Waals surface area (Å²) >= 11 is 0. The summed E-state index contributed by atoms with van der Waals surface area (Å²) in [5.74, 6) is -0.289. The van der Waals surface area contributed by atoms with Crippen molar-refractivity contribution in [3.8, 4) is 11.3 Å². The Labute approximate surface area is 170 Å². The predicted octanol–water partition coefficient (Wildman–Crippen LogP) is 2.13. The van der Waals surface area contributed by atoms with Crippen molar-refractivity contribution < 1.29 is 22.1 Å². The van der Waals surface area contributed by atoms with Gasteiger partial charge in [-0.2, -0.15) is 17.0 Å². The SMILES string of the molecule is CCN(CC)S(=O)(=O)N1CCN(C(=O)c2c(-c3ccc(F)cc3)noc2C)CC1. The van der Waals surface area contributed by atoms with Gasteiger partial charge in [-0.25, -0.2) is 4.39 Å². The number of carbonyl (C=O) groups is 1. The van der Waals surface area contributed by atoms with E-state index in [-0.39, 0.29) is 37.9 Å². The Morgan fingerprint density at radius 2 is 1.72 bits per heavy atom. The number of hydrogen-bond donors (Lipinski definition) is 0. The fourth-order valence-corrected chi connectivity index (χ4v) is 5.03. The monoisotopic (exact) mass is 424 g/mol. The number of hydrogen-bond acceptors (Lipinski definition) is 5. The Morgan fingerprint density at radius 3 is 2.28 bits per heavy atom. The number of amides is 1. The van der Waals surface area contributed by atoms with E-state index in [9.17, 15) is 17.6 Å². The van der Waals surface area contributed by atoms with Crippen LogP contribution >= 0.6 is 0 Å². The lowest BCUT2D eigenvalue weighted by Gasteiger charge is -2.36. The number of rotatable bonds is 6. The molecule has 0 radical (unpaired) electrons. The van der Waals surface area contributed by atoms with Crippen LogP contribution in [0.2, 0.25) is 0 Å². The van der Waals surface area contributed by atoms with Gasteiger partial charge in [0.1, 0.15) is 22.8 Å². The van der Waals surface area contributed by atoms with Crippen molar-refractivity contribution >= 4 is 16.1 Å². The first kappa shape index (κ1) is 21.4. The second kappa shape index (κ2) is 8.60. The molecule has 0 saturated carbocycles. The second-order valence-corrected chi connectivity index (χ2v) is 8.68. The maximum absolute atomic E-state index is 13.2. The van der Waals surface area contributed by atoms with E-state index in [4.69, 9.17) is 4.52 Å². The lowest BCUT2D eigenvalue weighted by atomic mass is 10.0. The minimum Gasteiger partial charge on any atom is -0.360 e. The standard InChI is InChI=1S/C19H25FN4O4S/c1-4-23(5-2)29(26,27)24-12-10-22(11-13-24)19(25)17-14(3)28-21-18(17)15-6-8-16(20)9-7-15/h6-9H,4-5,10-13H2,1-3H3. The summed E-state index contributed by atoms with van der Waals surface area (Å²) < 4.78 is 46.6. The molecule has 1 saturated heterocycles. The highest BCUT2D eigenvalue weighted by atomic mass is 32.2. The van der Waals surface area contributed by atoms with Crippen LogP contribution in [0.15, 0.2) is 28.8 Å². The lowest BCUT2D eigenvalue weighted by Crippen LogP contribution is -2.54. The summed E-state index contributed by atoms with van der Waals surface area (Å²) in [5.41, 5.74) is 1.25. The Balaban J connectivity index is 1.77. The molecule has 1 aliphatic rings. The zero-order valence-corrected chi connectivity index (χ0v) is 17.6. The highest BCUT2D eigenvalue weighted by molar-refractivity contribution is 7.86. The average Bonchev–Trinajstić information content (AvgIpc) is 3.10. The third-order valence-electron chi connectivity index (χ3n) is 5.08. The number of nitrogens with zero attached hydrogens (tertiary/aromatic N) is 4. The van der Waals surface area contributed by atoms with E-state index in [1.807, 2.05) is 0 Å². The van der Waals surface area contributed by atoms with E-state index in [1.165, 1.54) is 32.9 Å². The number of halogens is 1. The van der Waals surface area contributed by atoms with Crippen LogP contribution in [0.25, 0.3) is 11.3 Å². The van der Waals surface area contributed by atoms with Crippen molar-refractivity contribution in [1.29, 1.82) is 0 Å². The van der Waals surface area contributed by atoms with Crippen molar-refractivity contribution in [3.05, 3.63) is 41.4 Å². The maximum atomic E-state index is 13.2. The minimum absolute atomic E-state index is 0.223. The maximum Gasteiger partial charge on any atom is 0.282 e. The fraction of sp³-hybridized carbons (Fsp3) is 0.474. The van der Waals surface area contributed by atoms with E-state index < -0.39 is 10.2 Å². The normalized spacial score (nSPS) is 15.8. The van der Waals surface area contributed by atoms with Gasteiger partial charge in [0.25, 0.3) is 16.1 Å². The summed E-state index contributed by atoms with van der Waals surface area (Å²) in [5, 5.41) is 3.97. The van der Waals surface area contributed by atoms with E-state index in [2.05, 4.69) is 5.16 Å². The average molecular weight is 424 g/mol. The molecular weight excluding hydrogens is 399 g/mol. The molecule has 0 aliphatic carbocycles. The Morgan fingerprint density at radius 1 is 1.14 bits per heavy atom. The molecule has 1 aliphatic heterocycles. The van der Waals surface area contributed by atoms with Gasteiger partial charge in [0, 0.05) is 44.8 Å². The number of aromatic nitrogens is 1. The molecule has 0 bridgehead atoms. The quantitative estimate of drug-likeness (QED) is 0.709. The van der Waals surface area contributed by atoms with Crippen LogP contribution < -0.4 is 0 Å². The van der Waals surface area contributed by atoms with Gasteiger partial charge >= 0.3 is 0 Å². The van der Waals surface area contributed by atoms with Gasteiger partial charge in [0.15, 0.2) is 0 Å². The van der Waals surface area contributed by atoms with E-state index in [0.717, 1.165) is 0 Å². The molecule has 8 nitrogen and oxygen atoms in total. The molecule has 1 amide bonds. The first-order valence-electron chi connectivity index (χ1n) is 9.56. The number of aryl methyl sites for hydroxylation is 1. The summed E-state index contributed by atoms with van der Waals surface area (Å²) in [7, 11) is -3.53. The molecule has 29 heavy (non-hydrogen) atoms. The molecule has 1 aromatic carbocycles. The number of benzene rings is 1. The molecule has 3 rings (SSSR count). The van der Waals surface area contributed by atoms with Gasteiger partial charge in [-0.05, 0) is 31.2 Å². The summed E-state index contributed by atoms with van der Waals surface area (Å²) in [6, 6.07) is 5.67. The second-order valence-electron chi connectivity index (χ2n) is 6.75. The van der Waals surface area contributed by atoms with Crippen molar-refractivity contribution in [2.75, 3.05) is 39.3 Å². The van der Waals surface area contributed by atoms with Gasteiger partial charge in [0.2, 0.25) is 0 Å². The molecule has 1 aromatic heterocycles. The van der Waals surface area contributed by atoms with E-state index in [0.29, 0.717) is 35.7 Å². The van der Waals surface area contributed by atoms with Crippen molar-refractivity contribution in [1.82, 2.24) is 18.7 Å². The van der Waals surface area contributed by atoms with Crippen LogP contribution in [0.3, 0.4) is 0 Å². The molecule has 10 heteroatoms. The number of piperazine rings is 1. The van der Waals surface area contributed by atoms with Crippen molar-refractivity contribution in [3.63, 3.8) is 0 Å². The van der Waals surface area contributed by atoms with Crippen LogP contribution in [-0.2, 0) is 10.2 Å². The molecule has 0 unspecified atom stereocenters. The van der Waals surface area contributed by atoms with E-state index >= 15 is 0 Å². The Bertz CT molecular complexity index is 963. The van der Waals surface area contributed by atoms with Crippen molar-refractivity contribution in [2.24, 2.45) is 0 Å². The van der Waals surface area contributed by atoms with Crippen LogP contribution in [-0.4, -0.2) is 72.3 Å². The largest absolute Gasteiger partial charge is 0.360 e. The van der Waals surface area contributed by atoms with E-state index in [1.54, 1.807) is 25.7 Å². The predicted molar refractivity (Wildman–Crippen MR) is 106 cm³/mol. The van der Waals surface area contributed by atoms with Crippen LogP contribution in [0.4, 0.5) is 4.39 Å². The zero-order valence-electron chi connectivity index (χ0n) is 16.8. The summed E-state index contributed by atoms with van der Waals surface area (Å²) in [6.07, 6.45) is 0. The minimum atomic E-state index is -3.53. The Hall–Kier alpha value is -2.30. The molecule has 2 heterocycles.